The normalized spacial score (nSPS) is 12.3. The van der Waals surface area contributed by atoms with Crippen molar-refractivity contribution < 1.29 is 9.21 Å². The Balaban J connectivity index is 1.75. The highest BCUT2D eigenvalue weighted by atomic mass is 16.3. The van der Waals surface area contributed by atoms with Crippen molar-refractivity contribution in [3.05, 3.63) is 70.5 Å². The van der Waals surface area contributed by atoms with Crippen molar-refractivity contribution in [2.24, 2.45) is 0 Å². The van der Waals surface area contributed by atoms with Crippen LogP contribution < -0.4 is 5.32 Å². The molecule has 2 aromatic carbocycles. The first-order chi connectivity index (χ1) is 12.0. The van der Waals surface area contributed by atoms with Crippen molar-refractivity contribution in [3.63, 3.8) is 0 Å². The lowest BCUT2D eigenvalue weighted by Crippen LogP contribution is -2.29. The third kappa shape index (κ3) is 3.76. The van der Waals surface area contributed by atoms with E-state index in [1.54, 1.807) is 6.26 Å². The fourth-order valence-corrected chi connectivity index (χ4v) is 3.11. The summed E-state index contributed by atoms with van der Waals surface area (Å²) >= 11 is 0. The Morgan fingerprint density at radius 1 is 1.08 bits per heavy atom. The summed E-state index contributed by atoms with van der Waals surface area (Å²) in [5.41, 5.74) is 6.56. The third-order valence-electron chi connectivity index (χ3n) is 4.84. The average Bonchev–Trinajstić information content (AvgIpc) is 2.96. The highest BCUT2D eigenvalue weighted by Crippen LogP contribution is 2.25. The number of hydrogen-bond donors (Lipinski definition) is 1. The van der Waals surface area contributed by atoms with E-state index in [2.05, 4.69) is 63.3 Å². The Labute approximate surface area is 149 Å². The smallest absolute Gasteiger partial charge is 0.225 e. The van der Waals surface area contributed by atoms with Gasteiger partial charge >= 0.3 is 0 Å². The van der Waals surface area contributed by atoms with E-state index in [9.17, 15) is 4.79 Å². The monoisotopic (exact) mass is 335 g/mol. The summed E-state index contributed by atoms with van der Waals surface area (Å²) in [6, 6.07) is 12.5. The molecule has 3 nitrogen and oxygen atoms in total. The average molecular weight is 335 g/mol. The molecule has 1 atom stereocenters. The van der Waals surface area contributed by atoms with Crippen LogP contribution in [0, 0.1) is 20.8 Å². The van der Waals surface area contributed by atoms with Gasteiger partial charge in [0.2, 0.25) is 5.91 Å². The fourth-order valence-electron chi connectivity index (χ4n) is 3.11. The van der Waals surface area contributed by atoms with E-state index < -0.39 is 0 Å². The molecule has 1 aromatic heterocycles. The van der Waals surface area contributed by atoms with Crippen LogP contribution in [0.4, 0.5) is 0 Å². The van der Waals surface area contributed by atoms with E-state index in [0.717, 1.165) is 28.5 Å². The fraction of sp³-hybridized carbons (Fsp3) is 0.318. The number of aryl methyl sites for hydroxylation is 3. The number of hydrogen-bond acceptors (Lipinski definition) is 2. The quantitative estimate of drug-likeness (QED) is 0.699. The van der Waals surface area contributed by atoms with E-state index in [-0.39, 0.29) is 11.9 Å². The Hall–Kier alpha value is -2.55. The lowest BCUT2D eigenvalue weighted by atomic mass is 10.0. The molecule has 3 heteroatoms. The lowest BCUT2D eigenvalue weighted by Gasteiger charge is -2.17. The predicted molar refractivity (Wildman–Crippen MR) is 102 cm³/mol. The number of carbonyl (C=O) groups is 1. The van der Waals surface area contributed by atoms with Gasteiger partial charge < -0.3 is 9.73 Å². The molecule has 130 valence electrons. The largest absolute Gasteiger partial charge is 0.464 e. The molecule has 0 aliphatic carbocycles. The second-order valence-corrected chi connectivity index (χ2v) is 6.81. The van der Waals surface area contributed by atoms with Gasteiger partial charge in [-0.1, -0.05) is 36.8 Å². The minimum atomic E-state index is 0.0216. The summed E-state index contributed by atoms with van der Waals surface area (Å²) < 4.78 is 5.63. The number of carbonyl (C=O) groups excluding carboxylic acids is 1. The Morgan fingerprint density at radius 2 is 1.76 bits per heavy atom. The molecule has 0 fully saturated rings. The zero-order valence-corrected chi connectivity index (χ0v) is 15.3. The van der Waals surface area contributed by atoms with Gasteiger partial charge in [0.1, 0.15) is 5.58 Å². The summed E-state index contributed by atoms with van der Waals surface area (Å²) in [4.78, 5) is 12.6. The summed E-state index contributed by atoms with van der Waals surface area (Å²) in [5.74, 6) is 0.0216. The van der Waals surface area contributed by atoms with Gasteiger partial charge in [0, 0.05) is 10.9 Å². The molecule has 0 spiro atoms. The van der Waals surface area contributed by atoms with Crippen molar-refractivity contribution in [3.8, 4) is 0 Å². The van der Waals surface area contributed by atoms with E-state index >= 15 is 0 Å². The molecule has 0 saturated heterocycles. The first-order valence-corrected chi connectivity index (χ1v) is 8.81. The standard InChI is InChI=1S/C22H25NO2/c1-5-20(17-8-6-14(2)7-9-17)23-22(24)12-18-13-25-21-11-16(4)15(3)10-19(18)21/h6-11,13,20H,5,12H2,1-4H3,(H,23,24)/t20-/m0/s1. The lowest BCUT2D eigenvalue weighted by molar-refractivity contribution is -0.121. The van der Waals surface area contributed by atoms with Crippen molar-refractivity contribution in [1.29, 1.82) is 0 Å². The van der Waals surface area contributed by atoms with Gasteiger partial charge in [-0.05, 0) is 56.0 Å². The van der Waals surface area contributed by atoms with Gasteiger partial charge in [-0.2, -0.15) is 0 Å². The molecule has 3 aromatic rings. The van der Waals surface area contributed by atoms with E-state index in [4.69, 9.17) is 4.42 Å². The van der Waals surface area contributed by atoms with Crippen molar-refractivity contribution in [2.45, 2.75) is 46.6 Å². The topological polar surface area (TPSA) is 42.2 Å². The Morgan fingerprint density at radius 3 is 2.44 bits per heavy atom. The Bertz CT molecular complexity index is 890. The second-order valence-electron chi connectivity index (χ2n) is 6.81. The molecule has 0 aliphatic rings. The number of rotatable bonds is 5. The van der Waals surface area contributed by atoms with Gasteiger partial charge in [0.25, 0.3) is 0 Å². The summed E-state index contributed by atoms with van der Waals surface area (Å²) in [5, 5.41) is 4.18. The van der Waals surface area contributed by atoms with Gasteiger partial charge in [-0.15, -0.1) is 0 Å². The molecule has 0 bridgehead atoms. The first kappa shape index (κ1) is 17.3. The summed E-state index contributed by atoms with van der Waals surface area (Å²) in [6.07, 6.45) is 2.90. The zero-order valence-electron chi connectivity index (χ0n) is 15.3. The van der Waals surface area contributed by atoms with E-state index in [0.29, 0.717) is 6.42 Å². The van der Waals surface area contributed by atoms with Crippen LogP contribution in [0.3, 0.4) is 0 Å². The highest BCUT2D eigenvalue weighted by Gasteiger charge is 2.16. The zero-order chi connectivity index (χ0) is 18.0. The van der Waals surface area contributed by atoms with Crippen LogP contribution in [-0.4, -0.2) is 5.91 Å². The first-order valence-electron chi connectivity index (χ1n) is 8.81. The minimum Gasteiger partial charge on any atom is -0.464 e. The van der Waals surface area contributed by atoms with E-state index in [1.165, 1.54) is 16.7 Å². The molecule has 1 amide bonds. The maximum atomic E-state index is 12.6. The predicted octanol–water partition coefficient (Wildman–Crippen LogP) is 5.17. The number of nitrogens with one attached hydrogen (secondary N) is 1. The molecule has 0 unspecified atom stereocenters. The van der Waals surface area contributed by atoms with Gasteiger partial charge in [-0.25, -0.2) is 0 Å². The molecule has 1 N–H and O–H groups in total. The molecule has 1 heterocycles. The molecular weight excluding hydrogens is 310 g/mol. The number of fused-ring (bicyclic) bond motifs is 1. The van der Waals surface area contributed by atoms with E-state index in [1.807, 2.05) is 6.07 Å². The third-order valence-corrected chi connectivity index (χ3v) is 4.84. The highest BCUT2D eigenvalue weighted by molar-refractivity contribution is 5.88. The molecule has 3 rings (SSSR count). The molecule has 25 heavy (non-hydrogen) atoms. The minimum absolute atomic E-state index is 0.0216. The van der Waals surface area contributed by atoms with Crippen molar-refractivity contribution in [1.82, 2.24) is 5.32 Å². The molecule has 0 aliphatic heterocycles. The van der Waals surface area contributed by atoms with Crippen LogP contribution in [-0.2, 0) is 11.2 Å². The van der Waals surface area contributed by atoms with Crippen molar-refractivity contribution >= 4 is 16.9 Å². The van der Waals surface area contributed by atoms with Gasteiger partial charge in [-0.3, -0.25) is 4.79 Å². The van der Waals surface area contributed by atoms with Crippen LogP contribution in [0.2, 0.25) is 0 Å². The SMILES string of the molecule is CC[C@H](NC(=O)Cc1coc2cc(C)c(C)cc12)c1ccc(C)cc1. The van der Waals surface area contributed by atoms with Crippen LogP contribution in [0.25, 0.3) is 11.0 Å². The maximum absolute atomic E-state index is 12.6. The summed E-state index contributed by atoms with van der Waals surface area (Å²) in [7, 11) is 0. The molecule has 0 radical (unpaired) electrons. The molecular formula is C22H25NO2. The number of furan rings is 1. The number of benzene rings is 2. The van der Waals surface area contributed by atoms with Crippen LogP contribution >= 0.6 is 0 Å². The van der Waals surface area contributed by atoms with Crippen LogP contribution in [0.15, 0.2) is 47.1 Å². The second kappa shape index (κ2) is 7.14. The Kier molecular flexibility index (Phi) is 4.93. The number of amides is 1. The van der Waals surface area contributed by atoms with Crippen LogP contribution in [0.1, 0.15) is 47.2 Å². The molecule has 0 saturated carbocycles. The van der Waals surface area contributed by atoms with Crippen LogP contribution in [0.5, 0.6) is 0 Å². The van der Waals surface area contributed by atoms with Gasteiger partial charge in [0.15, 0.2) is 0 Å². The van der Waals surface area contributed by atoms with Gasteiger partial charge in [0.05, 0.1) is 18.7 Å². The maximum Gasteiger partial charge on any atom is 0.225 e. The summed E-state index contributed by atoms with van der Waals surface area (Å²) in [6.45, 7) is 8.30. The van der Waals surface area contributed by atoms with Crippen molar-refractivity contribution in [2.75, 3.05) is 0 Å².